The molecule has 0 aliphatic rings. The lowest BCUT2D eigenvalue weighted by molar-refractivity contribution is 0.370. The number of phenols is 1. The van der Waals surface area contributed by atoms with E-state index < -0.39 is 0 Å². The zero-order valence-electron chi connectivity index (χ0n) is 15.8. The van der Waals surface area contributed by atoms with Gasteiger partial charge in [0.15, 0.2) is 16.6 Å². The molecule has 0 fully saturated rings. The molecule has 0 saturated heterocycles. The second-order valence-electron chi connectivity index (χ2n) is 7.20. The minimum Gasteiger partial charge on any atom is -0.503 e. The van der Waals surface area contributed by atoms with Crippen LogP contribution in [-0.4, -0.2) is 17.3 Å². The molecule has 27 heavy (non-hydrogen) atoms. The van der Waals surface area contributed by atoms with E-state index in [2.05, 4.69) is 94.2 Å². The molecular weight excluding hydrogens is 539 g/mol. The Kier molecular flexibility index (Phi) is 7.76. The molecular formula is C20H24BrIN2O2S. The Bertz CT molecular complexity index is 820. The van der Waals surface area contributed by atoms with Gasteiger partial charge in [0.2, 0.25) is 0 Å². The maximum atomic E-state index is 10.0. The Morgan fingerprint density at radius 3 is 2.33 bits per heavy atom. The van der Waals surface area contributed by atoms with Crippen molar-refractivity contribution in [3.8, 4) is 11.5 Å². The smallest absolute Gasteiger partial charge is 0.172 e. The highest BCUT2D eigenvalue weighted by Gasteiger charge is 2.15. The molecule has 2 rings (SSSR count). The van der Waals surface area contributed by atoms with E-state index in [1.165, 1.54) is 18.2 Å². The summed E-state index contributed by atoms with van der Waals surface area (Å²) in [5.74, 6) is 0.574. The Morgan fingerprint density at radius 1 is 1.19 bits per heavy atom. The summed E-state index contributed by atoms with van der Waals surface area (Å²) < 4.78 is 6.75. The standard InChI is InChI=1S/C20H24BrIN2O2S/c1-20(2,3)14-7-5-12(6-8-14)10-23-19(27)24-11-13-9-15(26-4)18(25)17(22)16(13)21/h5-9,25H,10-11H2,1-4H3,(H2,23,24,27). The van der Waals surface area contributed by atoms with Crippen molar-refractivity contribution < 1.29 is 9.84 Å². The van der Waals surface area contributed by atoms with E-state index in [1.807, 2.05) is 0 Å². The van der Waals surface area contributed by atoms with Gasteiger partial charge in [-0.2, -0.15) is 0 Å². The quantitative estimate of drug-likeness (QED) is 0.344. The SMILES string of the molecule is COc1cc(CNC(=S)NCc2ccc(C(C)(C)C)cc2)c(Br)c(I)c1O. The number of benzene rings is 2. The van der Waals surface area contributed by atoms with Crippen LogP contribution in [0, 0.1) is 3.57 Å². The molecule has 0 aliphatic carbocycles. The number of hydrogen-bond donors (Lipinski definition) is 3. The van der Waals surface area contributed by atoms with Crippen LogP contribution in [0.25, 0.3) is 0 Å². The number of phenolic OH excluding ortho intramolecular Hbond substituents is 1. The van der Waals surface area contributed by atoms with Gasteiger partial charge >= 0.3 is 0 Å². The number of methoxy groups -OCH3 is 1. The highest BCUT2D eigenvalue weighted by Crippen LogP contribution is 2.38. The first-order valence-electron chi connectivity index (χ1n) is 8.48. The third-order valence-corrected chi connectivity index (χ3v) is 7.14. The molecule has 0 spiro atoms. The lowest BCUT2D eigenvalue weighted by Crippen LogP contribution is -2.34. The monoisotopic (exact) mass is 562 g/mol. The summed E-state index contributed by atoms with van der Waals surface area (Å²) in [6.07, 6.45) is 0. The van der Waals surface area contributed by atoms with Crippen molar-refractivity contribution >= 4 is 55.9 Å². The molecule has 7 heteroatoms. The van der Waals surface area contributed by atoms with Gasteiger partial charge < -0.3 is 20.5 Å². The molecule has 0 bridgehead atoms. The van der Waals surface area contributed by atoms with E-state index in [0.717, 1.165) is 10.0 Å². The van der Waals surface area contributed by atoms with E-state index in [0.29, 0.717) is 27.5 Å². The van der Waals surface area contributed by atoms with Crippen LogP contribution < -0.4 is 15.4 Å². The van der Waals surface area contributed by atoms with Gasteiger partial charge in [0.25, 0.3) is 0 Å². The molecule has 0 saturated carbocycles. The largest absolute Gasteiger partial charge is 0.503 e. The van der Waals surface area contributed by atoms with Gasteiger partial charge in [-0.1, -0.05) is 45.0 Å². The van der Waals surface area contributed by atoms with Crippen LogP contribution in [-0.2, 0) is 18.5 Å². The van der Waals surface area contributed by atoms with Crippen molar-refractivity contribution in [2.24, 2.45) is 0 Å². The average Bonchev–Trinajstić information content (AvgIpc) is 2.63. The summed E-state index contributed by atoms with van der Waals surface area (Å²) in [5, 5.41) is 17.0. The molecule has 146 valence electrons. The molecule has 2 aromatic carbocycles. The Morgan fingerprint density at radius 2 is 1.78 bits per heavy atom. The molecule has 0 amide bonds. The van der Waals surface area contributed by atoms with Gasteiger partial charge in [-0.05, 0) is 78.9 Å². The van der Waals surface area contributed by atoms with Gasteiger partial charge in [0, 0.05) is 17.6 Å². The number of ether oxygens (including phenoxy) is 1. The van der Waals surface area contributed by atoms with Crippen LogP contribution in [0.15, 0.2) is 34.8 Å². The second-order valence-corrected chi connectivity index (χ2v) is 9.48. The van der Waals surface area contributed by atoms with Gasteiger partial charge in [0.05, 0.1) is 10.7 Å². The van der Waals surface area contributed by atoms with Crippen molar-refractivity contribution in [3.63, 3.8) is 0 Å². The topological polar surface area (TPSA) is 53.5 Å². The lowest BCUT2D eigenvalue weighted by Gasteiger charge is -2.19. The lowest BCUT2D eigenvalue weighted by atomic mass is 9.87. The molecule has 0 unspecified atom stereocenters. The highest BCUT2D eigenvalue weighted by molar-refractivity contribution is 14.1. The van der Waals surface area contributed by atoms with Gasteiger partial charge in [-0.15, -0.1) is 0 Å². The summed E-state index contributed by atoms with van der Waals surface area (Å²) in [6, 6.07) is 10.4. The summed E-state index contributed by atoms with van der Waals surface area (Å²) >= 11 is 11.0. The minimum atomic E-state index is 0.133. The number of hydrogen-bond acceptors (Lipinski definition) is 3. The molecule has 0 atom stereocenters. The maximum absolute atomic E-state index is 10.0. The van der Waals surface area contributed by atoms with Crippen molar-refractivity contribution in [1.29, 1.82) is 0 Å². The van der Waals surface area contributed by atoms with E-state index >= 15 is 0 Å². The van der Waals surface area contributed by atoms with Crippen LogP contribution in [0.2, 0.25) is 0 Å². The number of thiocarbonyl (C=S) groups is 1. The normalized spacial score (nSPS) is 11.2. The Hall–Kier alpha value is -1.06. The van der Waals surface area contributed by atoms with Crippen LogP contribution in [0.4, 0.5) is 0 Å². The predicted octanol–water partition coefficient (Wildman–Crippen LogP) is 5.23. The van der Waals surface area contributed by atoms with E-state index in [4.69, 9.17) is 17.0 Å². The van der Waals surface area contributed by atoms with Gasteiger partial charge in [-0.25, -0.2) is 0 Å². The third kappa shape index (κ3) is 5.96. The van der Waals surface area contributed by atoms with E-state index in [-0.39, 0.29) is 11.2 Å². The van der Waals surface area contributed by atoms with Crippen LogP contribution in [0.3, 0.4) is 0 Å². The van der Waals surface area contributed by atoms with Crippen molar-refractivity contribution in [3.05, 3.63) is 55.1 Å². The first-order chi connectivity index (χ1) is 12.6. The number of halogens is 2. The predicted molar refractivity (Wildman–Crippen MR) is 126 cm³/mol. The molecule has 4 nitrogen and oxygen atoms in total. The summed E-state index contributed by atoms with van der Waals surface area (Å²) in [4.78, 5) is 0. The molecule has 0 aliphatic heterocycles. The third-order valence-electron chi connectivity index (χ3n) is 4.15. The Labute approximate surface area is 188 Å². The fraction of sp³-hybridized carbons (Fsp3) is 0.350. The van der Waals surface area contributed by atoms with Crippen molar-refractivity contribution in [2.75, 3.05) is 7.11 Å². The molecule has 0 radical (unpaired) electrons. The minimum absolute atomic E-state index is 0.133. The van der Waals surface area contributed by atoms with Crippen molar-refractivity contribution in [1.82, 2.24) is 10.6 Å². The van der Waals surface area contributed by atoms with Crippen LogP contribution in [0.5, 0.6) is 11.5 Å². The van der Waals surface area contributed by atoms with E-state index in [1.54, 1.807) is 6.07 Å². The number of aromatic hydroxyl groups is 1. The average molecular weight is 563 g/mol. The summed E-state index contributed by atoms with van der Waals surface area (Å²) in [5.41, 5.74) is 3.59. The van der Waals surface area contributed by atoms with Gasteiger partial charge in [-0.3, -0.25) is 0 Å². The van der Waals surface area contributed by atoms with Crippen LogP contribution in [0.1, 0.15) is 37.5 Å². The fourth-order valence-electron chi connectivity index (χ4n) is 2.47. The molecule has 2 aromatic rings. The summed E-state index contributed by atoms with van der Waals surface area (Å²) in [7, 11) is 1.54. The second kappa shape index (κ2) is 9.43. The zero-order chi connectivity index (χ0) is 20.2. The maximum Gasteiger partial charge on any atom is 0.172 e. The van der Waals surface area contributed by atoms with Crippen LogP contribution >= 0.6 is 50.7 Å². The zero-order valence-corrected chi connectivity index (χ0v) is 20.4. The van der Waals surface area contributed by atoms with E-state index in [9.17, 15) is 5.11 Å². The Balaban J connectivity index is 1.93. The first-order valence-corrected chi connectivity index (χ1v) is 10.8. The molecule has 0 aromatic heterocycles. The van der Waals surface area contributed by atoms with Crippen molar-refractivity contribution in [2.45, 2.75) is 39.3 Å². The highest BCUT2D eigenvalue weighted by atomic mass is 127. The molecule has 3 N–H and O–H groups in total. The summed E-state index contributed by atoms with van der Waals surface area (Å²) in [6.45, 7) is 7.79. The molecule has 0 heterocycles. The van der Waals surface area contributed by atoms with Gasteiger partial charge in [0.1, 0.15) is 0 Å². The number of nitrogens with one attached hydrogen (secondary N) is 2. The number of rotatable bonds is 5. The fourth-order valence-corrected chi connectivity index (χ4v) is 3.67. The first kappa shape index (κ1) is 22.2.